The number of fused-ring (bicyclic) bond motifs is 1. The summed E-state index contributed by atoms with van der Waals surface area (Å²) in [5.41, 5.74) is 2.86. The van der Waals surface area contributed by atoms with Crippen LogP contribution in [0.3, 0.4) is 0 Å². The van der Waals surface area contributed by atoms with Crippen molar-refractivity contribution in [3.63, 3.8) is 0 Å². The van der Waals surface area contributed by atoms with Crippen molar-refractivity contribution in [2.45, 2.75) is 26.2 Å². The number of halogens is 2. The zero-order valence-electron chi connectivity index (χ0n) is 10.1. The average Bonchev–Trinajstić information content (AvgIpc) is 2.34. The highest BCUT2D eigenvalue weighted by Crippen LogP contribution is 2.39. The molecule has 0 radical (unpaired) electrons. The van der Waals surface area contributed by atoms with E-state index in [9.17, 15) is 4.79 Å². The van der Waals surface area contributed by atoms with Gasteiger partial charge in [-0.05, 0) is 49.5 Å². The lowest BCUT2D eigenvalue weighted by Crippen LogP contribution is -2.07. The van der Waals surface area contributed by atoms with E-state index >= 15 is 0 Å². The van der Waals surface area contributed by atoms with Crippen molar-refractivity contribution >= 4 is 34.7 Å². The summed E-state index contributed by atoms with van der Waals surface area (Å²) in [5, 5.41) is 1.36. The molecule has 0 N–H and O–H groups in total. The minimum atomic E-state index is -0.323. The van der Waals surface area contributed by atoms with Crippen LogP contribution in [0.5, 0.6) is 0 Å². The van der Waals surface area contributed by atoms with Gasteiger partial charge >= 0.3 is 5.97 Å². The molecule has 0 spiro atoms. The summed E-state index contributed by atoms with van der Waals surface area (Å²) in [5.74, 6) is -0.323. The Bertz CT molecular complexity index is 507. The summed E-state index contributed by atoms with van der Waals surface area (Å²) in [6, 6.07) is 3.57. The molecule has 0 saturated heterocycles. The van der Waals surface area contributed by atoms with Gasteiger partial charge < -0.3 is 4.74 Å². The fourth-order valence-electron chi connectivity index (χ4n) is 2.24. The van der Waals surface area contributed by atoms with Gasteiger partial charge in [0.15, 0.2) is 0 Å². The Morgan fingerprint density at radius 3 is 2.78 bits per heavy atom. The smallest absolute Gasteiger partial charge is 0.331 e. The molecule has 0 heterocycles. The number of allylic oxidation sites excluding steroid dienone is 1. The Morgan fingerprint density at radius 2 is 2.06 bits per heavy atom. The van der Waals surface area contributed by atoms with E-state index in [0.29, 0.717) is 16.7 Å². The van der Waals surface area contributed by atoms with Crippen molar-refractivity contribution < 1.29 is 9.53 Å². The topological polar surface area (TPSA) is 26.3 Å². The second-order valence-corrected chi connectivity index (χ2v) is 4.97. The molecular weight excluding hydrogens is 271 g/mol. The summed E-state index contributed by atoms with van der Waals surface area (Å²) in [6.07, 6.45) is 4.22. The predicted molar refractivity (Wildman–Crippen MR) is 74.0 cm³/mol. The van der Waals surface area contributed by atoms with E-state index in [1.54, 1.807) is 19.1 Å². The first-order chi connectivity index (χ1) is 8.63. The molecular formula is C14H14Cl2O2. The van der Waals surface area contributed by atoms with E-state index in [1.165, 1.54) is 6.08 Å². The first-order valence-corrected chi connectivity index (χ1v) is 6.73. The molecule has 1 aromatic rings. The van der Waals surface area contributed by atoms with Gasteiger partial charge in [0.25, 0.3) is 0 Å². The van der Waals surface area contributed by atoms with E-state index in [4.69, 9.17) is 27.9 Å². The minimum absolute atomic E-state index is 0.323. The molecule has 0 atom stereocenters. The molecule has 0 fully saturated rings. The molecule has 0 bridgehead atoms. The van der Waals surface area contributed by atoms with Crippen LogP contribution in [0.15, 0.2) is 18.2 Å². The molecule has 4 heteroatoms. The molecule has 0 amide bonds. The van der Waals surface area contributed by atoms with Gasteiger partial charge in [-0.3, -0.25) is 0 Å². The number of benzene rings is 1. The summed E-state index contributed by atoms with van der Waals surface area (Å²) >= 11 is 12.4. The van der Waals surface area contributed by atoms with Crippen molar-refractivity contribution in [2.24, 2.45) is 0 Å². The molecule has 18 heavy (non-hydrogen) atoms. The number of rotatable bonds is 2. The highest BCUT2D eigenvalue weighted by molar-refractivity contribution is 6.35. The lowest BCUT2D eigenvalue weighted by Gasteiger charge is -2.21. The van der Waals surface area contributed by atoms with Crippen LogP contribution in [0.4, 0.5) is 0 Å². The largest absolute Gasteiger partial charge is 0.463 e. The van der Waals surface area contributed by atoms with Gasteiger partial charge in [-0.2, -0.15) is 0 Å². The van der Waals surface area contributed by atoms with Crippen molar-refractivity contribution in [3.8, 4) is 0 Å². The number of esters is 1. The standard InChI is InChI=1S/C14H14Cl2O2/c1-2-18-13(17)8-9-4-3-5-10-11(15)6-7-12(16)14(9)10/h6-8H,2-5H2,1H3/b9-8+. The van der Waals surface area contributed by atoms with Gasteiger partial charge in [-0.15, -0.1) is 0 Å². The zero-order valence-corrected chi connectivity index (χ0v) is 11.6. The fraction of sp³-hybridized carbons (Fsp3) is 0.357. The van der Waals surface area contributed by atoms with Crippen molar-refractivity contribution in [3.05, 3.63) is 39.4 Å². The predicted octanol–water partition coefficient (Wildman–Crippen LogP) is 4.28. The maximum Gasteiger partial charge on any atom is 0.331 e. The van der Waals surface area contributed by atoms with Crippen LogP contribution in [0, 0.1) is 0 Å². The van der Waals surface area contributed by atoms with Crippen molar-refractivity contribution in [1.29, 1.82) is 0 Å². The maximum absolute atomic E-state index is 11.5. The van der Waals surface area contributed by atoms with E-state index < -0.39 is 0 Å². The lowest BCUT2D eigenvalue weighted by atomic mass is 9.87. The van der Waals surface area contributed by atoms with Crippen LogP contribution in [-0.2, 0) is 16.0 Å². The van der Waals surface area contributed by atoms with Gasteiger partial charge in [0.05, 0.1) is 6.61 Å². The Balaban J connectivity index is 2.45. The molecule has 2 rings (SSSR count). The highest BCUT2D eigenvalue weighted by Gasteiger charge is 2.20. The normalized spacial score (nSPS) is 16.5. The lowest BCUT2D eigenvalue weighted by molar-refractivity contribution is -0.137. The van der Waals surface area contributed by atoms with Gasteiger partial charge in [-0.25, -0.2) is 4.79 Å². The number of ether oxygens (including phenoxy) is 1. The minimum Gasteiger partial charge on any atom is -0.463 e. The SMILES string of the molecule is CCOC(=O)/C=C1\CCCc2c(Cl)ccc(Cl)c21. The van der Waals surface area contributed by atoms with Crippen molar-refractivity contribution in [2.75, 3.05) is 6.61 Å². The molecule has 1 aliphatic carbocycles. The average molecular weight is 285 g/mol. The monoisotopic (exact) mass is 284 g/mol. The summed E-state index contributed by atoms with van der Waals surface area (Å²) in [4.78, 5) is 11.5. The second kappa shape index (κ2) is 5.77. The fourth-order valence-corrected chi connectivity index (χ4v) is 2.79. The van der Waals surface area contributed by atoms with E-state index in [1.807, 2.05) is 0 Å². The van der Waals surface area contributed by atoms with Crippen LogP contribution in [-0.4, -0.2) is 12.6 Å². The number of carbonyl (C=O) groups is 1. The van der Waals surface area contributed by atoms with E-state index in [0.717, 1.165) is 36.0 Å². The molecule has 1 aromatic carbocycles. The van der Waals surface area contributed by atoms with Gasteiger partial charge in [0, 0.05) is 21.7 Å². The van der Waals surface area contributed by atoms with Crippen LogP contribution < -0.4 is 0 Å². The Labute approximate surface area is 117 Å². The molecule has 0 unspecified atom stereocenters. The number of hydrogen-bond donors (Lipinski definition) is 0. The summed E-state index contributed by atoms with van der Waals surface area (Å²) in [6.45, 7) is 2.16. The second-order valence-electron chi connectivity index (χ2n) is 4.16. The molecule has 96 valence electrons. The highest BCUT2D eigenvalue weighted by atomic mass is 35.5. The summed E-state index contributed by atoms with van der Waals surface area (Å²) < 4.78 is 4.94. The Morgan fingerprint density at radius 1 is 1.33 bits per heavy atom. The first-order valence-electron chi connectivity index (χ1n) is 5.98. The third kappa shape index (κ3) is 2.70. The first kappa shape index (κ1) is 13.4. The van der Waals surface area contributed by atoms with E-state index in [-0.39, 0.29) is 5.97 Å². The Kier molecular flexibility index (Phi) is 4.31. The Hall–Kier alpha value is -0.990. The number of carbonyl (C=O) groups excluding carboxylic acids is 1. The number of hydrogen-bond acceptors (Lipinski definition) is 2. The van der Waals surface area contributed by atoms with Gasteiger partial charge in [0.1, 0.15) is 0 Å². The van der Waals surface area contributed by atoms with Crippen LogP contribution >= 0.6 is 23.2 Å². The van der Waals surface area contributed by atoms with Gasteiger partial charge in [0.2, 0.25) is 0 Å². The quantitative estimate of drug-likeness (QED) is 0.599. The molecule has 1 aliphatic rings. The van der Waals surface area contributed by atoms with Crippen molar-refractivity contribution in [1.82, 2.24) is 0 Å². The molecule has 2 nitrogen and oxygen atoms in total. The van der Waals surface area contributed by atoms with E-state index in [2.05, 4.69) is 0 Å². The molecule has 0 aliphatic heterocycles. The summed E-state index contributed by atoms with van der Waals surface area (Å²) in [7, 11) is 0. The van der Waals surface area contributed by atoms with Crippen LogP contribution in [0.2, 0.25) is 10.0 Å². The van der Waals surface area contributed by atoms with Gasteiger partial charge in [-0.1, -0.05) is 23.2 Å². The maximum atomic E-state index is 11.5. The molecule has 0 aromatic heterocycles. The third-order valence-corrected chi connectivity index (χ3v) is 3.65. The third-order valence-electron chi connectivity index (χ3n) is 2.98. The molecule has 0 saturated carbocycles. The zero-order chi connectivity index (χ0) is 13.1. The van der Waals surface area contributed by atoms with Crippen LogP contribution in [0.25, 0.3) is 5.57 Å². The van der Waals surface area contributed by atoms with Crippen LogP contribution in [0.1, 0.15) is 30.9 Å².